The van der Waals surface area contributed by atoms with Crippen molar-refractivity contribution in [3.63, 3.8) is 0 Å². The van der Waals surface area contributed by atoms with Gasteiger partial charge in [0.25, 0.3) is 0 Å². The van der Waals surface area contributed by atoms with E-state index in [1.165, 1.54) is 0 Å². The summed E-state index contributed by atoms with van der Waals surface area (Å²) < 4.78 is 10.8. The molecule has 1 aromatic rings. The molecule has 0 aliphatic carbocycles. The van der Waals surface area contributed by atoms with Crippen LogP contribution in [0.2, 0.25) is 0 Å². The summed E-state index contributed by atoms with van der Waals surface area (Å²) in [5.74, 6) is 0.836. The van der Waals surface area contributed by atoms with E-state index < -0.39 is 0 Å². The summed E-state index contributed by atoms with van der Waals surface area (Å²) >= 11 is 0. The Hall–Kier alpha value is -1.55. The lowest BCUT2D eigenvalue weighted by molar-refractivity contribution is -0.130. The standard InChI is InChI=1S/C15H21NO3/c1-3-18-13-8-6-12(7-9-13)11(2)16-15(17)14-5-4-10-19-14/h6-9,11,14H,3-5,10H2,1-2H3,(H,16,17)/t11-,14-/m0/s1. The largest absolute Gasteiger partial charge is 0.494 e. The van der Waals surface area contributed by atoms with Gasteiger partial charge in [0.15, 0.2) is 0 Å². The average molecular weight is 263 g/mol. The third-order valence-electron chi connectivity index (χ3n) is 3.27. The van der Waals surface area contributed by atoms with Crippen LogP contribution in [-0.2, 0) is 9.53 Å². The number of hydrogen-bond acceptors (Lipinski definition) is 3. The Morgan fingerprint density at radius 1 is 1.47 bits per heavy atom. The van der Waals surface area contributed by atoms with Crippen molar-refractivity contribution in [2.24, 2.45) is 0 Å². The molecule has 104 valence electrons. The first-order valence-electron chi connectivity index (χ1n) is 6.85. The van der Waals surface area contributed by atoms with Crippen LogP contribution in [0.1, 0.15) is 38.3 Å². The van der Waals surface area contributed by atoms with Gasteiger partial charge in [0.2, 0.25) is 5.91 Å². The summed E-state index contributed by atoms with van der Waals surface area (Å²) in [6.07, 6.45) is 1.52. The summed E-state index contributed by atoms with van der Waals surface area (Å²) in [6.45, 7) is 5.28. The molecule has 1 aliphatic heterocycles. The molecule has 0 unspecified atom stereocenters. The van der Waals surface area contributed by atoms with Crippen LogP contribution < -0.4 is 10.1 Å². The normalized spacial score (nSPS) is 20.0. The Labute approximate surface area is 114 Å². The molecule has 0 saturated carbocycles. The van der Waals surface area contributed by atoms with E-state index in [-0.39, 0.29) is 18.1 Å². The second-order valence-corrected chi connectivity index (χ2v) is 4.73. The molecular weight excluding hydrogens is 242 g/mol. The van der Waals surface area contributed by atoms with Gasteiger partial charge < -0.3 is 14.8 Å². The zero-order chi connectivity index (χ0) is 13.7. The summed E-state index contributed by atoms with van der Waals surface area (Å²) in [4.78, 5) is 11.9. The lowest BCUT2D eigenvalue weighted by atomic mass is 10.1. The van der Waals surface area contributed by atoms with Gasteiger partial charge in [-0.3, -0.25) is 4.79 Å². The third-order valence-corrected chi connectivity index (χ3v) is 3.27. The van der Waals surface area contributed by atoms with Crippen LogP contribution in [0.4, 0.5) is 0 Å². The highest BCUT2D eigenvalue weighted by Gasteiger charge is 2.24. The highest BCUT2D eigenvalue weighted by Crippen LogP contribution is 2.19. The maximum absolute atomic E-state index is 11.9. The van der Waals surface area contributed by atoms with E-state index in [2.05, 4.69) is 5.32 Å². The molecule has 1 N–H and O–H groups in total. The van der Waals surface area contributed by atoms with Crippen LogP contribution >= 0.6 is 0 Å². The smallest absolute Gasteiger partial charge is 0.249 e. The van der Waals surface area contributed by atoms with Gasteiger partial charge in [0.05, 0.1) is 12.6 Å². The average Bonchev–Trinajstić information content (AvgIpc) is 2.94. The van der Waals surface area contributed by atoms with Gasteiger partial charge in [-0.1, -0.05) is 12.1 Å². The molecule has 0 aromatic heterocycles. The fraction of sp³-hybridized carbons (Fsp3) is 0.533. The second-order valence-electron chi connectivity index (χ2n) is 4.73. The molecule has 1 fully saturated rings. The Bertz CT molecular complexity index is 410. The molecule has 2 rings (SSSR count). The van der Waals surface area contributed by atoms with Gasteiger partial charge in [0.1, 0.15) is 11.9 Å². The topological polar surface area (TPSA) is 47.6 Å². The molecule has 0 spiro atoms. The number of carbonyl (C=O) groups excluding carboxylic acids is 1. The number of nitrogens with one attached hydrogen (secondary N) is 1. The van der Waals surface area contributed by atoms with Crippen molar-refractivity contribution < 1.29 is 14.3 Å². The minimum absolute atomic E-state index is 0.0149. The summed E-state index contributed by atoms with van der Waals surface area (Å²) in [5, 5.41) is 2.98. The van der Waals surface area contributed by atoms with Crippen molar-refractivity contribution in [3.8, 4) is 5.75 Å². The van der Waals surface area contributed by atoms with E-state index in [1.54, 1.807) is 0 Å². The number of benzene rings is 1. The van der Waals surface area contributed by atoms with Crippen molar-refractivity contribution in [3.05, 3.63) is 29.8 Å². The fourth-order valence-electron chi connectivity index (χ4n) is 2.19. The first kappa shape index (κ1) is 13.9. The maximum Gasteiger partial charge on any atom is 0.249 e. The number of rotatable bonds is 5. The third kappa shape index (κ3) is 3.70. The van der Waals surface area contributed by atoms with E-state index in [9.17, 15) is 4.79 Å². The zero-order valence-electron chi connectivity index (χ0n) is 11.5. The highest BCUT2D eigenvalue weighted by atomic mass is 16.5. The van der Waals surface area contributed by atoms with Crippen LogP contribution in [0.3, 0.4) is 0 Å². The molecular formula is C15H21NO3. The van der Waals surface area contributed by atoms with E-state index in [0.29, 0.717) is 13.2 Å². The Morgan fingerprint density at radius 3 is 2.79 bits per heavy atom. The molecule has 1 heterocycles. The predicted molar refractivity (Wildman–Crippen MR) is 73.1 cm³/mol. The number of amides is 1. The highest BCUT2D eigenvalue weighted by molar-refractivity contribution is 5.81. The monoisotopic (exact) mass is 263 g/mol. The molecule has 4 nitrogen and oxygen atoms in total. The van der Waals surface area contributed by atoms with Crippen molar-refractivity contribution in [2.45, 2.75) is 38.8 Å². The van der Waals surface area contributed by atoms with Crippen molar-refractivity contribution in [2.75, 3.05) is 13.2 Å². The van der Waals surface area contributed by atoms with Crippen LogP contribution in [0.5, 0.6) is 5.75 Å². The first-order chi connectivity index (χ1) is 9.20. The van der Waals surface area contributed by atoms with Crippen molar-refractivity contribution in [1.29, 1.82) is 0 Å². The molecule has 1 saturated heterocycles. The first-order valence-corrected chi connectivity index (χ1v) is 6.85. The van der Waals surface area contributed by atoms with E-state index in [1.807, 2.05) is 38.1 Å². The molecule has 0 bridgehead atoms. The molecule has 0 radical (unpaired) electrons. The Balaban J connectivity index is 1.91. The van der Waals surface area contributed by atoms with Gasteiger partial charge in [-0.25, -0.2) is 0 Å². The van der Waals surface area contributed by atoms with Gasteiger partial charge in [-0.05, 0) is 44.4 Å². The van der Waals surface area contributed by atoms with Crippen LogP contribution in [0.15, 0.2) is 24.3 Å². The van der Waals surface area contributed by atoms with E-state index in [4.69, 9.17) is 9.47 Å². The molecule has 19 heavy (non-hydrogen) atoms. The van der Waals surface area contributed by atoms with Crippen LogP contribution in [0, 0.1) is 0 Å². The summed E-state index contributed by atoms with van der Waals surface area (Å²) in [5.41, 5.74) is 1.06. The maximum atomic E-state index is 11.9. The van der Waals surface area contributed by atoms with Gasteiger partial charge in [-0.15, -0.1) is 0 Å². The lowest BCUT2D eigenvalue weighted by Gasteiger charge is -2.17. The van der Waals surface area contributed by atoms with E-state index >= 15 is 0 Å². The predicted octanol–water partition coefficient (Wildman–Crippen LogP) is 2.44. The minimum Gasteiger partial charge on any atom is -0.494 e. The Morgan fingerprint density at radius 2 is 2.21 bits per heavy atom. The van der Waals surface area contributed by atoms with Crippen molar-refractivity contribution >= 4 is 5.91 Å². The number of ether oxygens (including phenoxy) is 2. The van der Waals surface area contributed by atoms with Crippen molar-refractivity contribution in [1.82, 2.24) is 5.32 Å². The summed E-state index contributed by atoms with van der Waals surface area (Å²) in [7, 11) is 0. The fourth-order valence-corrected chi connectivity index (χ4v) is 2.19. The number of carbonyl (C=O) groups is 1. The molecule has 1 aromatic carbocycles. The zero-order valence-corrected chi connectivity index (χ0v) is 11.5. The lowest BCUT2D eigenvalue weighted by Crippen LogP contribution is -2.35. The Kier molecular flexibility index (Phi) is 4.80. The minimum atomic E-state index is -0.273. The SMILES string of the molecule is CCOc1ccc([C@H](C)NC(=O)[C@@H]2CCCO2)cc1. The van der Waals surface area contributed by atoms with Gasteiger partial charge in [-0.2, -0.15) is 0 Å². The molecule has 2 atom stereocenters. The number of hydrogen-bond donors (Lipinski definition) is 1. The molecule has 1 aliphatic rings. The van der Waals surface area contributed by atoms with Gasteiger partial charge in [0, 0.05) is 6.61 Å². The quantitative estimate of drug-likeness (QED) is 0.887. The van der Waals surface area contributed by atoms with E-state index in [0.717, 1.165) is 24.2 Å². The van der Waals surface area contributed by atoms with Gasteiger partial charge >= 0.3 is 0 Å². The van der Waals surface area contributed by atoms with Crippen LogP contribution in [0.25, 0.3) is 0 Å². The second kappa shape index (κ2) is 6.57. The molecule has 1 amide bonds. The summed E-state index contributed by atoms with van der Waals surface area (Å²) in [6, 6.07) is 7.78. The molecule has 4 heteroatoms. The van der Waals surface area contributed by atoms with Crippen LogP contribution in [-0.4, -0.2) is 25.2 Å².